The molecule has 1 aromatic heterocycles. The summed E-state index contributed by atoms with van der Waals surface area (Å²) in [6.45, 7) is 1.99. The van der Waals surface area contributed by atoms with Crippen LogP contribution >= 0.6 is 11.6 Å². The zero-order chi connectivity index (χ0) is 10.8. The Balaban J connectivity index is 2.32. The fourth-order valence-electron chi connectivity index (χ4n) is 1.27. The van der Waals surface area contributed by atoms with Gasteiger partial charge in [-0.25, -0.2) is 0 Å². The maximum atomic E-state index is 5.90. The summed E-state index contributed by atoms with van der Waals surface area (Å²) >= 11 is 5.90. The second kappa shape index (κ2) is 3.82. The molecule has 0 aliphatic carbocycles. The minimum Gasteiger partial charge on any atom is -0.382 e. The number of nitrogens with two attached hydrogens (primary N) is 1. The number of anilines is 3. The summed E-state index contributed by atoms with van der Waals surface area (Å²) in [6.07, 6.45) is 1.63. The van der Waals surface area contributed by atoms with Crippen molar-refractivity contribution in [3.63, 3.8) is 0 Å². The zero-order valence-electron chi connectivity index (χ0n) is 8.21. The number of aryl methyl sites for hydroxylation is 1. The van der Waals surface area contributed by atoms with Crippen molar-refractivity contribution in [2.45, 2.75) is 6.92 Å². The third-order valence-corrected chi connectivity index (χ3v) is 2.37. The molecule has 0 amide bonds. The second-order valence-electron chi connectivity index (χ2n) is 3.28. The van der Waals surface area contributed by atoms with Crippen LogP contribution in [-0.2, 0) is 0 Å². The number of aromatic nitrogens is 2. The molecular weight excluding hydrogens is 212 g/mol. The number of H-pyrrole nitrogens is 1. The van der Waals surface area contributed by atoms with Gasteiger partial charge in [-0.3, -0.25) is 5.10 Å². The Morgan fingerprint density at radius 2 is 2.20 bits per heavy atom. The molecule has 0 spiro atoms. The average Bonchev–Trinajstić information content (AvgIpc) is 2.58. The number of aromatic amines is 1. The molecule has 1 heterocycles. The fraction of sp³-hybridized carbons (Fsp3) is 0.100. The molecule has 0 fully saturated rings. The maximum absolute atomic E-state index is 5.90. The average molecular weight is 223 g/mol. The highest BCUT2D eigenvalue weighted by Gasteiger charge is 2.04. The zero-order valence-corrected chi connectivity index (χ0v) is 8.97. The van der Waals surface area contributed by atoms with Crippen molar-refractivity contribution in [1.82, 2.24) is 10.2 Å². The van der Waals surface area contributed by atoms with E-state index in [1.54, 1.807) is 6.20 Å². The van der Waals surface area contributed by atoms with Crippen LogP contribution in [0.25, 0.3) is 0 Å². The summed E-state index contributed by atoms with van der Waals surface area (Å²) in [4.78, 5) is 0. The van der Waals surface area contributed by atoms with Crippen LogP contribution in [0.2, 0.25) is 5.02 Å². The van der Waals surface area contributed by atoms with Gasteiger partial charge in [-0.05, 0) is 24.6 Å². The Hall–Kier alpha value is -1.68. The Morgan fingerprint density at radius 3 is 2.87 bits per heavy atom. The summed E-state index contributed by atoms with van der Waals surface area (Å²) < 4.78 is 0. The van der Waals surface area contributed by atoms with Crippen molar-refractivity contribution in [3.05, 3.63) is 35.0 Å². The first-order chi connectivity index (χ1) is 7.16. The molecule has 0 saturated heterocycles. The summed E-state index contributed by atoms with van der Waals surface area (Å²) in [5, 5.41) is 10.3. The second-order valence-corrected chi connectivity index (χ2v) is 3.72. The summed E-state index contributed by atoms with van der Waals surface area (Å²) in [6, 6.07) is 5.64. The van der Waals surface area contributed by atoms with Crippen LogP contribution in [0.5, 0.6) is 0 Å². The normalized spacial score (nSPS) is 10.3. The first-order valence-electron chi connectivity index (χ1n) is 4.49. The summed E-state index contributed by atoms with van der Waals surface area (Å²) in [7, 11) is 0. The number of hydrogen-bond acceptors (Lipinski definition) is 3. The SMILES string of the molecule is Cc1ccc(Cl)cc1Nc1cn[nH]c1N. The number of nitrogen functional groups attached to an aromatic ring is 1. The van der Waals surface area contributed by atoms with Crippen molar-refractivity contribution in [2.75, 3.05) is 11.1 Å². The van der Waals surface area contributed by atoms with E-state index in [-0.39, 0.29) is 0 Å². The van der Waals surface area contributed by atoms with E-state index in [1.165, 1.54) is 0 Å². The molecule has 5 heteroatoms. The lowest BCUT2D eigenvalue weighted by atomic mass is 10.2. The molecule has 1 aromatic carbocycles. The van der Waals surface area contributed by atoms with Crippen molar-refractivity contribution >= 4 is 28.8 Å². The number of hydrogen-bond donors (Lipinski definition) is 3. The molecular formula is C10H11ClN4. The highest BCUT2D eigenvalue weighted by atomic mass is 35.5. The molecule has 0 aliphatic rings. The number of halogens is 1. The van der Waals surface area contributed by atoms with Gasteiger partial charge in [0, 0.05) is 10.7 Å². The van der Waals surface area contributed by atoms with Gasteiger partial charge >= 0.3 is 0 Å². The number of rotatable bonds is 2. The Bertz CT molecular complexity index is 478. The van der Waals surface area contributed by atoms with Crippen molar-refractivity contribution in [2.24, 2.45) is 0 Å². The van der Waals surface area contributed by atoms with Crippen LogP contribution in [0.1, 0.15) is 5.56 Å². The molecule has 0 radical (unpaired) electrons. The first-order valence-corrected chi connectivity index (χ1v) is 4.86. The van der Waals surface area contributed by atoms with Gasteiger partial charge in [-0.2, -0.15) is 5.10 Å². The summed E-state index contributed by atoms with van der Waals surface area (Å²) in [5.74, 6) is 0.509. The topological polar surface area (TPSA) is 66.7 Å². The highest BCUT2D eigenvalue weighted by Crippen LogP contribution is 2.25. The van der Waals surface area contributed by atoms with Gasteiger partial charge in [-0.1, -0.05) is 17.7 Å². The minimum atomic E-state index is 0.509. The lowest BCUT2D eigenvalue weighted by Gasteiger charge is -2.08. The van der Waals surface area contributed by atoms with E-state index in [0.717, 1.165) is 16.9 Å². The van der Waals surface area contributed by atoms with E-state index in [4.69, 9.17) is 17.3 Å². The van der Waals surface area contributed by atoms with Crippen LogP contribution in [0.3, 0.4) is 0 Å². The van der Waals surface area contributed by atoms with Gasteiger partial charge < -0.3 is 11.1 Å². The Morgan fingerprint density at radius 1 is 1.40 bits per heavy atom. The van der Waals surface area contributed by atoms with Gasteiger partial charge in [0.25, 0.3) is 0 Å². The molecule has 0 aliphatic heterocycles. The van der Waals surface area contributed by atoms with Crippen LogP contribution in [-0.4, -0.2) is 10.2 Å². The standard InChI is InChI=1S/C10H11ClN4/c1-6-2-3-7(11)4-8(6)14-9-5-13-15-10(9)12/h2-5,14H,1H3,(H3,12,13,15). The summed E-state index contributed by atoms with van der Waals surface area (Å²) in [5.41, 5.74) is 8.44. The highest BCUT2D eigenvalue weighted by molar-refractivity contribution is 6.30. The van der Waals surface area contributed by atoms with Crippen LogP contribution in [0.15, 0.2) is 24.4 Å². The van der Waals surface area contributed by atoms with Gasteiger partial charge in [0.2, 0.25) is 0 Å². The fourth-order valence-corrected chi connectivity index (χ4v) is 1.44. The van der Waals surface area contributed by atoms with Crippen molar-refractivity contribution in [1.29, 1.82) is 0 Å². The Labute approximate surface area is 92.4 Å². The van der Waals surface area contributed by atoms with Gasteiger partial charge in [-0.15, -0.1) is 0 Å². The number of nitrogens with one attached hydrogen (secondary N) is 2. The van der Waals surface area contributed by atoms with E-state index >= 15 is 0 Å². The predicted octanol–water partition coefficient (Wildman–Crippen LogP) is 2.70. The molecule has 0 unspecified atom stereocenters. The third-order valence-electron chi connectivity index (χ3n) is 2.14. The lowest BCUT2D eigenvalue weighted by molar-refractivity contribution is 1.10. The predicted molar refractivity (Wildman–Crippen MR) is 62.5 cm³/mol. The molecule has 15 heavy (non-hydrogen) atoms. The van der Waals surface area contributed by atoms with Crippen LogP contribution < -0.4 is 11.1 Å². The minimum absolute atomic E-state index is 0.509. The van der Waals surface area contributed by atoms with Gasteiger partial charge in [0.15, 0.2) is 0 Å². The quantitative estimate of drug-likeness (QED) is 0.732. The van der Waals surface area contributed by atoms with E-state index in [0.29, 0.717) is 10.8 Å². The first kappa shape index (κ1) is 9.86. The molecule has 4 N–H and O–H groups in total. The molecule has 78 valence electrons. The largest absolute Gasteiger partial charge is 0.382 e. The van der Waals surface area contributed by atoms with Crippen LogP contribution in [0, 0.1) is 6.92 Å². The van der Waals surface area contributed by atoms with Crippen molar-refractivity contribution in [3.8, 4) is 0 Å². The van der Waals surface area contributed by atoms with E-state index in [9.17, 15) is 0 Å². The molecule has 0 saturated carbocycles. The van der Waals surface area contributed by atoms with Gasteiger partial charge in [0.05, 0.1) is 6.20 Å². The Kier molecular flexibility index (Phi) is 2.51. The van der Waals surface area contributed by atoms with Crippen molar-refractivity contribution < 1.29 is 0 Å². The monoisotopic (exact) mass is 222 g/mol. The molecule has 2 rings (SSSR count). The van der Waals surface area contributed by atoms with Crippen LogP contribution in [0.4, 0.5) is 17.2 Å². The lowest BCUT2D eigenvalue weighted by Crippen LogP contribution is -1.95. The smallest absolute Gasteiger partial charge is 0.143 e. The molecule has 4 nitrogen and oxygen atoms in total. The van der Waals surface area contributed by atoms with E-state index in [2.05, 4.69) is 15.5 Å². The van der Waals surface area contributed by atoms with E-state index < -0.39 is 0 Å². The molecule has 2 aromatic rings. The number of benzene rings is 1. The number of nitrogens with zero attached hydrogens (tertiary/aromatic N) is 1. The third kappa shape index (κ3) is 2.05. The maximum Gasteiger partial charge on any atom is 0.143 e. The van der Waals surface area contributed by atoms with Gasteiger partial charge in [0.1, 0.15) is 11.5 Å². The molecule has 0 bridgehead atoms. The van der Waals surface area contributed by atoms with E-state index in [1.807, 2.05) is 25.1 Å². The molecule has 0 atom stereocenters.